The number of furan rings is 1. The fraction of sp³-hybridized carbons (Fsp3) is 0.273. The average molecular weight is 204 g/mol. The molecule has 0 aromatic carbocycles. The van der Waals surface area contributed by atoms with E-state index in [1.165, 1.54) is 6.26 Å². The monoisotopic (exact) mass is 204 g/mol. The number of nitrogens with zero attached hydrogens (tertiary/aromatic N) is 2. The van der Waals surface area contributed by atoms with Crippen LogP contribution in [0.1, 0.15) is 23.9 Å². The fourth-order valence-electron chi connectivity index (χ4n) is 1.57. The van der Waals surface area contributed by atoms with Gasteiger partial charge in [-0.15, -0.1) is 0 Å². The lowest BCUT2D eigenvalue weighted by molar-refractivity contribution is 0.110. The van der Waals surface area contributed by atoms with Crippen LogP contribution in [0.25, 0.3) is 11.4 Å². The summed E-state index contributed by atoms with van der Waals surface area (Å²) in [7, 11) is 0. The van der Waals surface area contributed by atoms with Gasteiger partial charge in [-0.05, 0) is 12.5 Å². The summed E-state index contributed by atoms with van der Waals surface area (Å²) in [6, 6.07) is 1.76. The van der Waals surface area contributed by atoms with E-state index in [-0.39, 0.29) is 0 Å². The second kappa shape index (κ2) is 4.13. The summed E-state index contributed by atoms with van der Waals surface area (Å²) in [6.07, 6.45) is 6.87. The van der Waals surface area contributed by atoms with Gasteiger partial charge in [-0.25, -0.2) is 4.98 Å². The molecule has 0 spiro atoms. The summed E-state index contributed by atoms with van der Waals surface area (Å²) >= 11 is 0. The predicted molar refractivity (Wildman–Crippen MR) is 55.6 cm³/mol. The number of carbonyl (C=O) groups is 1. The van der Waals surface area contributed by atoms with Crippen LogP contribution in [0.15, 0.2) is 29.1 Å². The molecule has 2 aromatic heterocycles. The molecule has 0 aliphatic rings. The van der Waals surface area contributed by atoms with Crippen molar-refractivity contribution < 1.29 is 9.21 Å². The van der Waals surface area contributed by atoms with E-state index >= 15 is 0 Å². The maximum atomic E-state index is 10.7. The van der Waals surface area contributed by atoms with Crippen LogP contribution in [-0.2, 0) is 6.54 Å². The Balaban J connectivity index is 2.44. The Morgan fingerprint density at radius 1 is 1.60 bits per heavy atom. The molecule has 78 valence electrons. The zero-order valence-corrected chi connectivity index (χ0v) is 8.51. The lowest BCUT2D eigenvalue weighted by Crippen LogP contribution is -1.98. The Bertz CT molecular complexity index is 457. The van der Waals surface area contributed by atoms with Crippen molar-refractivity contribution in [2.24, 2.45) is 0 Å². The van der Waals surface area contributed by atoms with E-state index in [1.807, 2.05) is 10.8 Å². The highest BCUT2D eigenvalue weighted by Gasteiger charge is 2.12. The maximum Gasteiger partial charge on any atom is 0.186 e. The summed E-state index contributed by atoms with van der Waals surface area (Å²) in [6.45, 7) is 2.98. The molecule has 15 heavy (non-hydrogen) atoms. The molecule has 4 nitrogen and oxygen atoms in total. The molecule has 0 saturated heterocycles. The second-order valence-electron chi connectivity index (χ2n) is 3.26. The van der Waals surface area contributed by atoms with Crippen LogP contribution in [0, 0.1) is 0 Å². The lowest BCUT2D eigenvalue weighted by Gasteiger charge is -2.04. The van der Waals surface area contributed by atoms with Gasteiger partial charge in [0, 0.05) is 18.9 Å². The highest BCUT2D eigenvalue weighted by molar-refractivity contribution is 5.82. The van der Waals surface area contributed by atoms with Crippen molar-refractivity contribution in [1.82, 2.24) is 9.55 Å². The van der Waals surface area contributed by atoms with Crippen molar-refractivity contribution in [1.29, 1.82) is 0 Å². The number of carbonyl (C=O) groups excluding carboxylic acids is 1. The molecular formula is C11H12N2O2. The van der Waals surface area contributed by atoms with Gasteiger partial charge in [-0.3, -0.25) is 4.79 Å². The van der Waals surface area contributed by atoms with Gasteiger partial charge in [-0.2, -0.15) is 0 Å². The Morgan fingerprint density at radius 2 is 2.47 bits per heavy atom. The van der Waals surface area contributed by atoms with Crippen LogP contribution in [0.3, 0.4) is 0 Å². The molecular weight excluding hydrogens is 192 g/mol. The zero-order chi connectivity index (χ0) is 10.7. The van der Waals surface area contributed by atoms with Crippen molar-refractivity contribution in [3.05, 3.63) is 30.5 Å². The van der Waals surface area contributed by atoms with Crippen molar-refractivity contribution >= 4 is 6.29 Å². The van der Waals surface area contributed by atoms with Crippen molar-refractivity contribution in [3.63, 3.8) is 0 Å². The number of hydrogen-bond acceptors (Lipinski definition) is 3. The van der Waals surface area contributed by atoms with Gasteiger partial charge in [0.1, 0.15) is 5.82 Å². The van der Waals surface area contributed by atoms with Gasteiger partial charge in [0.05, 0.1) is 11.8 Å². The summed E-state index contributed by atoms with van der Waals surface area (Å²) in [5, 5.41) is 0. The minimum atomic E-state index is 0.332. The van der Waals surface area contributed by atoms with Gasteiger partial charge in [-0.1, -0.05) is 6.92 Å². The molecule has 0 unspecified atom stereocenters. The highest BCUT2D eigenvalue weighted by atomic mass is 16.3. The third kappa shape index (κ3) is 1.70. The first kappa shape index (κ1) is 9.71. The van der Waals surface area contributed by atoms with Crippen molar-refractivity contribution in [2.75, 3.05) is 0 Å². The Morgan fingerprint density at radius 3 is 3.20 bits per heavy atom. The number of imidazole rings is 1. The standard InChI is InChI=1S/C11H12N2O2/c1-2-5-13-6-4-12-11(13)9-3-7-15-10(9)8-14/h3-4,6-8H,2,5H2,1H3. The van der Waals surface area contributed by atoms with Crippen molar-refractivity contribution in [2.45, 2.75) is 19.9 Å². The summed E-state index contributed by atoms with van der Waals surface area (Å²) in [4.78, 5) is 15.0. The van der Waals surface area contributed by atoms with E-state index in [0.29, 0.717) is 12.0 Å². The molecule has 0 aliphatic heterocycles. The normalized spacial score (nSPS) is 10.5. The topological polar surface area (TPSA) is 48.0 Å². The third-order valence-electron chi connectivity index (χ3n) is 2.22. The average Bonchev–Trinajstić information content (AvgIpc) is 2.84. The lowest BCUT2D eigenvalue weighted by atomic mass is 10.2. The van der Waals surface area contributed by atoms with Gasteiger partial charge >= 0.3 is 0 Å². The smallest absolute Gasteiger partial charge is 0.186 e. The number of aromatic nitrogens is 2. The maximum absolute atomic E-state index is 10.7. The molecule has 0 fully saturated rings. The quantitative estimate of drug-likeness (QED) is 0.718. The minimum Gasteiger partial charge on any atom is -0.461 e. The summed E-state index contributed by atoms with van der Waals surface area (Å²) in [5.41, 5.74) is 0.753. The second-order valence-corrected chi connectivity index (χ2v) is 3.26. The van der Waals surface area contributed by atoms with Crippen LogP contribution in [0.2, 0.25) is 0 Å². The molecule has 0 atom stereocenters. The molecule has 4 heteroatoms. The van der Waals surface area contributed by atoms with E-state index < -0.39 is 0 Å². The number of aryl methyl sites for hydroxylation is 1. The van der Waals surface area contributed by atoms with Crippen LogP contribution in [0.4, 0.5) is 0 Å². The molecule has 2 aromatic rings. The molecule has 0 amide bonds. The largest absolute Gasteiger partial charge is 0.461 e. The highest BCUT2D eigenvalue weighted by Crippen LogP contribution is 2.22. The Kier molecular flexibility index (Phi) is 2.67. The first-order chi connectivity index (χ1) is 7.36. The van der Waals surface area contributed by atoms with Gasteiger partial charge in [0.2, 0.25) is 0 Å². The molecule has 2 heterocycles. The summed E-state index contributed by atoms with van der Waals surface area (Å²) < 4.78 is 7.06. The number of aldehydes is 1. The molecule has 0 N–H and O–H groups in total. The van der Waals surface area contributed by atoms with Gasteiger partial charge in [0.25, 0.3) is 0 Å². The fourth-order valence-corrected chi connectivity index (χ4v) is 1.57. The zero-order valence-electron chi connectivity index (χ0n) is 8.51. The van der Waals surface area contributed by atoms with E-state index in [4.69, 9.17) is 4.42 Å². The Labute approximate surface area is 87.5 Å². The molecule has 0 bridgehead atoms. The van der Waals surface area contributed by atoms with E-state index in [0.717, 1.165) is 24.4 Å². The molecule has 0 radical (unpaired) electrons. The van der Waals surface area contributed by atoms with E-state index in [2.05, 4.69) is 11.9 Å². The van der Waals surface area contributed by atoms with Gasteiger partial charge in [0.15, 0.2) is 12.0 Å². The SMILES string of the molecule is CCCn1ccnc1-c1ccoc1C=O. The van der Waals surface area contributed by atoms with Crippen molar-refractivity contribution in [3.8, 4) is 11.4 Å². The first-order valence-electron chi connectivity index (χ1n) is 4.91. The van der Waals surface area contributed by atoms with Crippen LogP contribution in [0.5, 0.6) is 0 Å². The molecule has 0 aliphatic carbocycles. The third-order valence-corrected chi connectivity index (χ3v) is 2.22. The van der Waals surface area contributed by atoms with Crippen LogP contribution >= 0.6 is 0 Å². The van der Waals surface area contributed by atoms with E-state index in [9.17, 15) is 4.79 Å². The number of hydrogen-bond donors (Lipinski definition) is 0. The minimum absolute atomic E-state index is 0.332. The first-order valence-corrected chi connectivity index (χ1v) is 4.91. The molecule has 0 saturated carbocycles. The number of rotatable bonds is 4. The van der Waals surface area contributed by atoms with Crippen LogP contribution < -0.4 is 0 Å². The van der Waals surface area contributed by atoms with Gasteiger partial charge < -0.3 is 8.98 Å². The predicted octanol–water partition coefficient (Wildman–Crippen LogP) is 2.37. The van der Waals surface area contributed by atoms with Crippen LogP contribution in [-0.4, -0.2) is 15.8 Å². The summed E-state index contributed by atoms with van der Waals surface area (Å²) in [5.74, 6) is 1.12. The Hall–Kier alpha value is -1.84. The molecule has 2 rings (SSSR count). The van der Waals surface area contributed by atoms with E-state index in [1.54, 1.807) is 12.3 Å².